The number of unbranched alkanes of at least 4 members (excludes halogenated alkanes) is 9. The van der Waals surface area contributed by atoms with Crippen molar-refractivity contribution in [1.82, 2.24) is 0 Å². The maximum Gasteiger partial charge on any atom is 0.325 e. The number of ether oxygens (including phenoxy) is 1. The van der Waals surface area contributed by atoms with Crippen molar-refractivity contribution in [3.8, 4) is 5.75 Å². The van der Waals surface area contributed by atoms with Crippen LogP contribution in [0, 0.1) is 0 Å². The Morgan fingerprint density at radius 3 is 1.80 bits per heavy atom. The fourth-order valence-corrected chi connectivity index (χ4v) is 5.23. The first-order valence-electron chi connectivity index (χ1n) is 12.7. The Balaban J connectivity index is 0.000000814. The van der Waals surface area contributed by atoms with Crippen LogP contribution >= 0.6 is 0 Å². The Kier molecular flexibility index (Phi) is 21.3. The van der Waals surface area contributed by atoms with E-state index in [4.69, 9.17) is 19.5 Å². The summed E-state index contributed by atoms with van der Waals surface area (Å²) in [6.45, 7) is 2.29. The molecule has 0 radical (unpaired) electrons. The molecule has 10 heteroatoms. The van der Waals surface area contributed by atoms with Crippen LogP contribution in [0.25, 0.3) is 0 Å². The molecule has 0 aliphatic carbocycles. The fourth-order valence-electron chi connectivity index (χ4n) is 3.61. The molecular weight excluding hydrogens is 499 g/mol. The van der Waals surface area contributed by atoms with Crippen molar-refractivity contribution >= 4 is 71.0 Å². The van der Waals surface area contributed by atoms with Crippen LogP contribution in [0.1, 0.15) is 90.4 Å². The van der Waals surface area contributed by atoms with Gasteiger partial charge in [0.1, 0.15) is 0 Å². The second-order valence-corrected chi connectivity index (χ2v) is 11.9. The molecule has 0 spiro atoms. The van der Waals surface area contributed by atoms with Crippen molar-refractivity contribution < 1.29 is 37.5 Å². The number of carboxylic acid groups (broad SMARTS) is 2. The zero-order valence-corrected chi connectivity index (χ0v) is 25.2. The summed E-state index contributed by atoms with van der Waals surface area (Å²) >= 11 is 0.947. The molecule has 0 fully saturated rings. The average Bonchev–Trinajstić information content (AvgIpc) is 2.79. The van der Waals surface area contributed by atoms with Gasteiger partial charge in [0.15, 0.2) is 5.25 Å². The van der Waals surface area contributed by atoms with Crippen molar-refractivity contribution in [2.45, 2.75) is 102 Å². The SMILES string of the molecule is CCCCCCCCCCCCC(C[CH2][K])Oc1ccccc1.O=C(O)CC(C(=O)O)S(=O)(=O)O. The molecule has 8 nitrogen and oxygen atoms in total. The van der Waals surface area contributed by atoms with E-state index in [9.17, 15) is 18.0 Å². The topological polar surface area (TPSA) is 138 Å². The van der Waals surface area contributed by atoms with E-state index in [-0.39, 0.29) is 0 Å². The maximum atomic E-state index is 10.2. The van der Waals surface area contributed by atoms with Crippen LogP contribution in [0.2, 0.25) is 0.515 Å². The smallest absolute Gasteiger partial charge is 0.325 e. The van der Waals surface area contributed by atoms with Crippen molar-refractivity contribution in [1.29, 1.82) is 0 Å². The van der Waals surface area contributed by atoms with E-state index in [2.05, 4.69) is 37.3 Å². The third-order valence-corrected chi connectivity index (χ3v) is 7.52. The molecule has 1 aromatic carbocycles. The van der Waals surface area contributed by atoms with E-state index >= 15 is 0 Å². The van der Waals surface area contributed by atoms with Crippen LogP contribution in [-0.2, 0) is 19.7 Å². The van der Waals surface area contributed by atoms with Gasteiger partial charge in [-0.05, 0) is 0 Å². The largest absolute Gasteiger partial charge is 0.481 e. The zero-order chi connectivity index (χ0) is 26.5. The molecule has 1 aromatic rings. The Morgan fingerprint density at radius 1 is 0.886 bits per heavy atom. The van der Waals surface area contributed by atoms with Gasteiger partial charge in [-0.1, -0.05) is 19.8 Å². The first kappa shape index (κ1) is 34.5. The zero-order valence-electron chi connectivity index (χ0n) is 21.2. The molecule has 35 heavy (non-hydrogen) atoms. The summed E-state index contributed by atoms with van der Waals surface area (Å²) in [5, 5.41) is 13.9. The first-order valence-corrected chi connectivity index (χ1v) is 16.5. The summed E-state index contributed by atoms with van der Waals surface area (Å²) in [4.78, 5) is 20.0. The molecule has 0 aromatic heterocycles. The normalized spacial score (nSPS) is 12.8. The van der Waals surface area contributed by atoms with E-state index in [0.717, 1.165) is 54.7 Å². The van der Waals surface area contributed by atoms with Gasteiger partial charge in [0.2, 0.25) is 0 Å². The van der Waals surface area contributed by atoms with Crippen molar-refractivity contribution in [2.24, 2.45) is 0 Å². The summed E-state index contributed by atoms with van der Waals surface area (Å²) in [6.07, 6.45) is 15.9. The summed E-state index contributed by atoms with van der Waals surface area (Å²) in [7, 11) is -4.84. The predicted molar refractivity (Wildman–Crippen MR) is 138 cm³/mol. The molecule has 0 saturated heterocycles. The van der Waals surface area contributed by atoms with Crippen LogP contribution in [0.3, 0.4) is 0 Å². The summed E-state index contributed by atoms with van der Waals surface area (Å²) in [6, 6.07) is 10.4. The quantitative estimate of drug-likeness (QED) is 0.118. The number of carboxylic acids is 2. The van der Waals surface area contributed by atoms with Crippen LogP contribution < -0.4 is 4.74 Å². The van der Waals surface area contributed by atoms with E-state index in [1.54, 1.807) is 0 Å². The Morgan fingerprint density at radius 2 is 1.40 bits per heavy atom. The molecule has 0 amide bonds. The molecule has 196 valence electrons. The van der Waals surface area contributed by atoms with Crippen LogP contribution in [0.15, 0.2) is 30.3 Å². The monoisotopic (exact) mass is 540 g/mol. The standard InChI is InChI=1S/C21H35O.C4H6O7S.K/c1-3-5-6-7-8-9-10-11-12-14-17-20(4-2)22-21-18-15-13-16-19-21;5-3(6)1-2(4(7)8)12(9,10)11;/h13,15-16,18-20H,2-12,14,17H2,1H3;2H,1H2,(H,5,6)(H,7,8)(H,9,10,11);. The number of rotatable bonds is 19. The maximum absolute atomic E-state index is 10.2. The van der Waals surface area contributed by atoms with Gasteiger partial charge in [-0.15, -0.1) is 0 Å². The van der Waals surface area contributed by atoms with E-state index in [1.807, 2.05) is 0 Å². The summed E-state index contributed by atoms with van der Waals surface area (Å²) in [5.41, 5.74) is 0. The molecule has 2 unspecified atom stereocenters. The second kappa shape index (κ2) is 21.6. The average molecular weight is 541 g/mol. The van der Waals surface area contributed by atoms with Gasteiger partial charge in [-0.25, -0.2) is 0 Å². The third-order valence-electron chi connectivity index (χ3n) is 5.53. The van der Waals surface area contributed by atoms with Crippen molar-refractivity contribution in [3.63, 3.8) is 0 Å². The van der Waals surface area contributed by atoms with Crippen molar-refractivity contribution in [2.75, 3.05) is 0 Å². The molecule has 2 atom stereocenters. The third kappa shape index (κ3) is 20.3. The molecule has 3 N–H and O–H groups in total. The minimum atomic E-state index is -4.84. The molecule has 0 bridgehead atoms. The number of hydrogen-bond acceptors (Lipinski definition) is 5. The Bertz CT molecular complexity index is 786. The molecule has 0 aliphatic rings. The second-order valence-electron chi connectivity index (χ2n) is 8.75. The minimum Gasteiger partial charge on any atom is -0.481 e. The summed E-state index contributed by atoms with van der Waals surface area (Å²) < 4.78 is 36.2. The van der Waals surface area contributed by atoms with Crippen molar-refractivity contribution in [3.05, 3.63) is 30.3 Å². The number of carbonyl (C=O) groups is 2. The van der Waals surface area contributed by atoms with E-state index in [0.29, 0.717) is 6.10 Å². The molecule has 1 rings (SSSR count). The first-order chi connectivity index (χ1) is 16.6. The number of para-hydroxylation sites is 1. The fraction of sp³-hybridized carbons (Fsp3) is 0.680. The number of benzene rings is 1. The van der Waals surface area contributed by atoms with Gasteiger partial charge in [-0.2, -0.15) is 8.42 Å². The van der Waals surface area contributed by atoms with Crippen LogP contribution in [-0.4, -0.2) is 95.4 Å². The minimum absolute atomic E-state index is 0.446. The van der Waals surface area contributed by atoms with Gasteiger partial charge >= 0.3 is 173 Å². The van der Waals surface area contributed by atoms with Crippen LogP contribution in [0.5, 0.6) is 5.75 Å². The molecular formula is C25H41KO8S. The summed E-state index contributed by atoms with van der Waals surface area (Å²) in [5.74, 6) is -2.45. The van der Waals surface area contributed by atoms with Gasteiger partial charge in [0, 0.05) is 0 Å². The van der Waals surface area contributed by atoms with Gasteiger partial charge < -0.3 is 10.2 Å². The molecule has 0 saturated carbocycles. The molecule has 0 heterocycles. The van der Waals surface area contributed by atoms with Crippen LogP contribution in [0.4, 0.5) is 0 Å². The predicted octanol–water partition coefficient (Wildman–Crippen LogP) is 5.52. The van der Waals surface area contributed by atoms with E-state index < -0.39 is 33.7 Å². The van der Waals surface area contributed by atoms with Gasteiger partial charge in [0.05, 0.1) is 6.42 Å². The Hall–Kier alpha value is -0.494. The number of hydrogen-bond donors (Lipinski definition) is 3. The van der Waals surface area contributed by atoms with E-state index in [1.165, 1.54) is 77.6 Å². The van der Waals surface area contributed by atoms with Gasteiger partial charge in [-0.3, -0.25) is 14.1 Å². The Labute approximate surface area is 244 Å². The molecule has 0 aliphatic heterocycles. The number of aliphatic carboxylic acids is 2. The van der Waals surface area contributed by atoms with Gasteiger partial charge in [0.25, 0.3) is 10.1 Å².